The van der Waals surface area contributed by atoms with E-state index in [1.165, 1.54) is 10.4 Å². The third-order valence-corrected chi connectivity index (χ3v) is 7.22. The predicted molar refractivity (Wildman–Crippen MR) is 128 cm³/mol. The van der Waals surface area contributed by atoms with Gasteiger partial charge in [0.05, 0.1) is 19.8 Å². The summed E-state index contributed by atoms with van der Waals surface area (Å²) in [4.78, 5) is 2.76. The normalized spacial score (nSPS) is 17.7. The van der Waals surface area contributed by atoms with Crippen molar-refractivity contribution in [1.29, 1.82) is 0 Å². The summed E-state index contributed by atoms with van der Waals surface area (Å²) < 4.78 is 13.0. The number of aromatic nitrogens is 3. The number of phenols is 1. The molecule has 0 aliphatic carbocycles. The number of hydrogen-bond acceptors (Lipinski definition) is 7. The molecule has 1 N–H and O–H groups in total. The number of hydrogen-bond donors (Lipinski definition) is 1. The second-order valence-corrected chi connectivity index (χ2v) is 9.26. The van der Waals surface area contributed by atoms with E-state index in [1.54, 1.807) is 24.3 Å². The first-order valence-corrected chi connectivity index (χ1v) is 12.1. The summed E-state index contributed by atoms with van der Waals surface area (Å²) in [5.74, 6) is -0.805. The smallest absolute Gasteiger partial charge is 0.176 e. The molecule has 4 aromatic rings. The molecule has 9 heteroatoms. The highest BCUT2D eigenvalue weighted by Crippen LogP contribution is 2.38. The van der Waals surface area contributed by atoms with Crippen LogP contribution in [0.4, 0.5) is 5.69 Å². The lowest BCUT2D eigenvalue weighted by Crippen LogP contribution is -2.45. The molecule has 182 valence electrons. The van der Waals surface area contributed by atoms with Crippen molar-refractivity contribution in [2.75, 3.05) is 31.2 Å². The molecule has 0 saturated carbocycles. The molecular formula is C26H27N4O5-. The van der Waals surface area contributed by atoms with Gasteiger partial charge in [0.15, 0.2) is 22.6 Å². The van der Waals surface area contributed by atoms with Crippen LogP contribution in [0.15, 0.2) is 48.5 Å². The third kappa shape index (κ3) is 3.81. The van der Waals surface area contributed by atoms with Crippen LogP contribution in [0.25, 0.3) is 21.8 Å². The summed E-state index contributed by atoms with van der Waals surface area (Å²) in [6, 6.07) is 15.3. The maximum Gasteiger partial charge on any atom is 0.176 e. The highest BCUT2D eigenvalue weighted by molar-refractivity contribution is 6.07. The van der Waals surface area contributed by atoms with Crippen molar-refractivity contribution in [1.82, 2.24) is 9.78 Å². The molecule has 2 aliphatic heterocycles. The van der Waals surface area contributed by atoms with E-state index in [-0.39, 0.29) is 28.3 Å². The molecule has 6 rings (SSSR count). The third-order valence-electron chi connectivity index (χ3n) is 7.22. The van der Waals surface area contributed by atoms with Crippen molar-refractivity contribution in [2.24, 2.45) is 0 Å². The van der Waals surface area contributed by atoms with Gasteiger partial charge in [-0.3, -0.25) is 0 Å². The highest BCUT2D eigenvalue weighted by Gasteiger charge is 2.39. The molecule has 35 heavy (non-hydrogen) atoms. The maximum absolute atomic E-state index is 12.8. The number of benzene rings is 3. The average Bonchev–Trinajstić information content (AvgIpc) is 3.48. The molecule has 0 amide bonds. The van der Waals surface area contributed by atoms with Gasteiger partial charge in [0.1, 0.15) is 0 Å². The topological polar surface area (TPSA) is 110 Å². The quantitative estimate of drug-likeness (QED) is 0.349. The first kappa shape index (κ1) is 21.9. The number of fused-ring (bicyclic) bond motifs is 2. The zero-order valence-electron chi connectivity index (χ0n) is 19.4. The minimum atomic E-state index is -0.375. The number of piperidine rings is 1. The molecule has 2 fully saturated rings. The molecule has 0 atom stereocenters. The van der Waals surface area contributed by atoms with E-state index in [0.717, 1.165) is 37.9 Å². The Balaban J connectivity index is 1.13. The molecular weight excluding hydrogens is 448 g/mol. The Bertz CT molecular complexity index is 1370. The van der Waals surface area contributed by atoms with Crippen LogP contribution >= 0.6 is 0 Å². The van der Waals surface area contributed by atoms with Crippen molar-refractivity contribution < 1.29 is 24.6 Å². The summed E-state index contributed by atoms with van der Waals surface area (Å²) in [7, 11) is 0. The van der Waals surface area contributed by atoms with Gasteiger partial charge < -0.3 is 29.8 Å². The fourth-order valence-electron chi connectivity index (χ4n) is 5.32. The molecule has 3 heterocycles. The van der Waals surface area contributed by atoms with Crippen molar-refractivity contribution in [3.8, 4) is 11.5 Å². The van der Waals surface area contributed by atoms with Gasteiger partial charge in [-0.2, -0.15) is 0 Å². The lowest BCUT2D eigenvalue weighted by molar-refractivity contribution is -0.746. The van der Waals surface area contributed by atoms with Gasteiger partial charge in [-0.05, 0) is 35.9 Å². The monoisotopic (exact) mass is 475 g/mol. The summed E-state index contributed by atoms with van der Waals surface area (Å²) in [5, 5.41) is 40.7. The fourth-order valence-corrected chi connectivity index (χ4v) is 5.32. The van der Waals surface area contributed by atoms with E-state index in [9.17, 15) is 15.4 Å². The van der Waals surface area contributed by atoms with Crippen LogP contribution in [-0.4, -0.2) is 47.0 Å². The number of aromatic hydroxyl groups is 1. The number of ether oxygens (including phenoxy) is 2. The number of rotatable bonds is 5. The molecule has 2 aliphatic rings. The van der Waals surface area contributed by atoms with Crippen LogP contribution < -0.4 is 15.0 Å². The Labute approximate surface area is 202 Å². The van der Waals surface area contributed by atoms with Crippen LogP contribution in [-0.2, 0) is 22.4 Å². The minimum Gasteiger partial charge on any atom is -0.870 e. The number of nitrogens with zero attached hydrogens (tertiary/aromatic N) is 4. The number of anilines is 1. The standard InChI is InChI=1S/C26H28N4O5/c31-24-20-5-1-2-6-21(20)25(32)23-22(24)27-30(33)29(23)13-3-4-18-7-9-19(10-8-18)28-14-11-26(12-15-28)34-16-17-35-26/h1-2,5-10,31-32H,3-4,11-17H2/p-1. The fraction of sp³-hybridized carbons (Fsp3) is 0.385. The lowest BCUT2D eigenvalue weighted by Gasteiger charge is -2.38. The number of aryl methyl sites for hydroxylation is 2. The molecule has 1 spiro atoms. The highest BCUT2D eigenvalue weighted by atomic mass is 16.7. The van der Waals surface area contributed by atoms with E-state index in [4.69, 9.17) is 9.47 Å². The van der Waals surface area contributed by atoms with Crippen LogP contribution in [0.1, 0.15) is 24.8 Å². The summed E-state index contributed by atoms with van der Waals surface area (Å²) in [6.45, 7) is 3.50. The van der Waals surface area contributed by atoms with Gasteiger partial charge in [-0.1, -0.05) is 42.1 Å². The Morgan fingerprint density at radius 1 is 1.00 bits per heavy atom. The molecule has 9 nitrogen and oxygen atoms in total. The van der Waals surface area contributed by atoms with Gasteiger partial charge in [0.2, 0.25) is 0 Å². The van der Waals surface area contributed by atoms with Crippen LogP contribution in [0, 0.1) is 5.21 Å². The van der Waals surface area contributed by atoms with E-state index in [2.05, 4.69) is 34.3 Å². The molecule has 0 bridgehead atoms. The van der Waals surface area contributed by atoms with E-state index >= 15 is 0 Å². The second-order valence-electron chi connectivity index (χ2n) is 9.26. The lowest BCUT2D eigenvalue weighted by atomic mass is 10.0. The van der Waals surface area contributed by atoms with Crippen LogP contribution in [0.2, 0.25) is 0 Å². The summed E-state index contributed by atoms with van der Waals surface area (Å²) >= 11 is 0. The Kier molecular flexibility index (Phi) is 5.38. The molecule has 0 unspecified atom stereocenters. The predicted octanol–water partition coefficient (Wildman–Crippen LogP) is 2.58. The first-order valence-electron chi connectivity index (χ1n) is 12.1. The van der Waals surface area contributed by atoms with Gasteiger partial charge >= 0.3 is 0 Å². The van der Waals surface area contributed by atoms with Gasteiger partial charge in [0, 0.05) is 47.1 Å². The molecule has 2 saturated heterocycles. The molecule has 3 aromatic carbocycles. The second kappa shape index (κ2) is 8.58. The van der Waals surface area contributed by atoms with Crippen molar-refractivity contribution >= 4 is 27.5 Å². The van der Waals surface area contributed by atoms with Gasteiger partial charge in [-0.25, -0.2) is 0 Å². The van der Waals surface area contributed by atoms with E-state index in [1.807, 2.05) is 0 Å². The maximum atomic E-state index is 12.8. The molecule has 1 aromatic heterocycles. The zero-order chi connectivity index (χ0) is 24.0. The van der Waals surface area contributed by atoms with Gasteiger partial charge in [-0.15, -0.1) is 4.68 Å². The summed E-state index contributed by atoms with van der Waals surface area (Å²) in [5.41, 5.74) is 2.53. The zero-order valence-corrected chi connectivity index (χ0v) is 19.4. The Morgan fingerprint density at radius 3 is 2.40 bits per heavy atom. The SMILES string of the molecule is [O-]c1c2ccccc2c(O)c2c1n[n+]([O-])n2CCCc1ccc(N2CCC3(CC2)OCCO3)cc1. The van der Waals surface area contributed by atoms with Crippen molar-refractivity contribution in [3.05, 3.63) is 59.3 Å². The number of phenolic OH excluding ortho intramolecular Hbond substituents is 1. The van der Waals surface area contributed by atoms with Crippen LogP contribution in [0.3, 0.4) is 0 Å². The van der Waals surface area contributed by atoms with Gasteiger partial charge in [0.25, 0.3) is 0 Å². The largest absolute Gasteiger partial charge is 0.870 e. The molecule has 0 radical (unpaired) electrons. The van der Waals surface area contributed by atoms with E-state index < -0.39 is 0 Å². The Morgan fingerprint density at radius 2 is 1.69 bits per heavy atom. The summed E-state index contributed by atoms with van der Waals surface area (Å²) in [6.07, 6.45) is 3.16. The van der Waals surface area contributed by atoms with E-state index in [0.29, 0.717) is 41.9 Å². The van der Waals surface area contributed by atoms with Crippen molar-refractivity contribution in [3.63, 3.8) is 0 Å². The average molecular weight is 476 g/mol. The Hall–Kier alpha value is -3.56. The first-order chi connectivity index (χ1) is 17.0. The minimum absolute atomic E-state index is 0.00253. The van der Waals surface area contributed by atoms with Crippen LogP contribution in [0.5, 0.6) is 11.5 Å². The van der Waals surface area contributed by atoms with Crippen molar-refractivity contribution in [2.45, 2.75) is 38.0 Å².